The summed E-state index contributed by atoms with van der Waals surface area (Å²) in [4.78, 5) is 12.9. The molecule has 0 radical (unpaired) electrons. The average molecular weight is 404 g/mol. The molecule has 3 unspecified atom stereocenters. The largest absolute Gasteiger partial charge is 0.377 e. The predicted octanol–water partition coefficient (Wildman–Crippen LogP) is 0.905. The monoisotopic (exact) mass is 403 g/mol. The van der Waals surface area contributed by atoms with Gasteiger partial charge in [0, 0.05) is 24.5 Å². The molecule has 0 bridgehead atoms. The van der Waals surface area contributed by atoms with Crippen LogP contribution in [-0.2, 0) is 26.1 Å². The van der Waals surface area contributed by atoms with E-state index in [4.69, 9.17) is 15.6 Å². The smallest absolute Gasteiger partial charge is 0.241 e. The summed E-state index contributed by atoms with van der Waals surface area (Å²) in [5.41, 5.74) is 5.92. The zero-order valence-electron chi connectivity index (χ0n) is 14.9. The molecule has 1 saturated carbocycles. The summed E-state index contributed by atoms with van der Waals surface area (Å²) in [5.74, 6) is -0.166. The summed E-state index contributed by atoms with van der Waals surface area (Å²) in [6.07, 6.45) is 1.82. The van der Waals surface area contributed by atoms with Crippen LogP contribution in [0.5, 0.6) is 0 Å². The van der Waals surface area contributed by atoms with E-state index in [0.29, 0.717) is 0 Å². The maximum Gasteiger partial charge on any atom is 0.241 e. The molecule has 1 saturated heterocycles. The highest BCUT2D eigenvalue weighted by Crippen LogP contribution is 2.57. The lowest BCUT2D eigenvalue weighted by molar-refractivity contribution is -0.225. The van der Waals surface area contributed by atoms with E-state index in [0.717, 1.165) is 25.0 Å². The number of ether oxygens (including phenoxy) is 1. The van der Waals surface area contributed by atoms with Gasteiger partial charge in [-0.1, -0.05) is 26.0 Å². The van der Waals surface area contributed by atoms with Gasteiger partial charge < -0.3 is 15.8 Å². The Kier molecular flexibility index (Phi) is 5.76. The van der Waals surface area contributed by atoms with Crippen molar-refractivity contribution in [2.45, 2.75) is 49.8 Å². The van der Waals surface area contributed by atoms with Crippen LogP contribution in [0.1, 0.15) is 32.3 Å². The molecule has 5 N–H and O–H groups in total. The summed E-state index contributed by atoms with van der Waals surface area (Å²) >= 11 is 0. The average Bonchev–Trinajstić information content (AvgIpc) is 2.58. The number of sulfonamides is 1. The van der Waals surface area contributed by atoms with Gasteiger partial charge in [-0.25, -0.2) is 13.6 Å². The third kappa shape index (κ3) is 3.25. The maximum atomic E-state index is 12.8. The summed E-state index contributed by atoms with van der Waals surface area (Å²) in [6.45, 7) is 4.94. The highest BCUT2D eigenvalue weighted by Gasteiger charge is 2.70. The molecule has 7 nitrogen and oxygen atoms in total. The number of primary sulfonamides is 1. The van der Waals surface area contributed by atoms with E-state index in [-0.39, 0.29) is 41.8 Å². The van der Waals surface area contributed by atoms with Crippen molar-refractivity contribution >= 4 is 28.3 Å². The zero-order valence-corrected chi connectivity index (χ0v) is 16.5. The lowest BCUT2D eigenvalue weighted by atomic mass is 9.46. The Morgan fingerprint density at radius 2 is 1.92 bits per heavy atom. The third-order valence-corrected chi connectivity index (χ3v) is 6.69. The van der Waals surface area contributed by atoms with Crippen molar-refractivity contribution in [2.75, 3.05) is 6.61 Å². The number of carbonyl (C=O) groups is 1. The van der Waals surface area contributed by atoms with Gasteiger partial charge in [0.1, 0.15) is 5.54 Å². The van der Waals surface area contributed by atoms with Crippen molar-refractivity contribution < 1.29 is 17.9 Å². The highest BCUT2D eigenvalue weighted by atomic mass is 35.5. The van der Waals surface area contributed by atoms with E-state index >= 15 is 0 Å². The van der Waals surface area contributed by atoms with Gasteiger partial charge in [-0.3, -0.25) is 4.79 Å². The molecule has 1 aliphatic heterocycles. The van der Waals surface area contributed by atoms with Gasteiger partial charge in [0.15, 0.2) is 0 Å². The van der Waals surface area contributed by atoms with Crippen LogP contribution in [0.3, 0.4) is 0 Å². The molecule has 0 spiro atoms. The molecule has 1 heterocycles. The highest BCUT2D eigenvalue weighted by molar-refractivity contribution is 7.89. The van der Waals surface area contributed by atoms with Crippen molar-refractivity contribution in [3.63, 3.8) is 0 Å². The quantitative estimate of drug-likeness (QED) is 0.688. The number of nitrogens with two attached hydrogens (primary N) is 2. The molecule has 3 atom stereocenters. The second-order valence-electron chi connectivity index (χ2n) is 7.50. The predicted molar refractivity (Wildman–Crippen MR) is 100 cm³/mol. The fourth-order valence-corrected chi connectivity index (χ4v) is 4.68. The molecule has 1 aromatic carbocycles. The molecule has 26 heavy (non-hydrogen) atoms. The Morgan fingerprint density at radius 1 is 1.31 bits per heavy atom. The topological polar surface area (TPSA) is 125 Å². The number of halogens is 1. The van der Waals surface area contributed by atoms with E-state index in [1.54, 1.807) is 12.1 Å². The van der Waals surface area contributed by atoms with Crippen LogP contribution in [0.4, 0.5) is 0 Å². The van der Waals surface area contributed by atoms with Crippen molar-refractivity contribution in [1.82, 2.24) is 5.32 Å². The number of hydrogen-bond donors (Lipinski definition) is 3. The third-order valence-electron chi connectivity index (χ3n) is 5.77. The van der Waals surface area contributed by atoms with Crippen molar-refractivity contribution in [3.8, 4) is 0 Å². The minimum Gasteiger partial charge on any atom is -0.377 e. The Hall–Kier alpha value is -1.19. The van der Waals surface area contributed by atoms with Gasteiger partial charge in [0.05, 0.1) is 11.0 Å². The minimum atomic E-state index is -3.72. The molecular weight excluding hydrogens is 378 g/mol. The van der Waals surface area contributed by atoms with Gasteiger partial charge in [0.25, 0.3) is 0 Å². The number of fused-ring (bicyclic) bond motifs is 1. The van der Waals surface area contributed by atoms with Crippen LogP contribution >= 0.6 is 12.4 Å². The second kappa shape index (κ2) is 7.09. The lowest BCUT2D eigenvalue weighted by Crippen LogP contribution is -2.82. The van der Waals surface area contributed by atoms with Crippen molar-refractivity contribution in [1.29, 1.82) is 0 Å². The Bertz CT molecular complexity index is 782. The standard InChI is InChI=1S/C17H25N3O4S.ClH/c1-16(2)14-13(4-3-9-24-14)17(16,18)15(21)20-10-11-5-7-12(8-6-11)25(19,22)23;/h5-8,13-14H,3-4,9-10,18H2,1-2H3,(H,20,21)(H2,19,22,23);1H. The fraction of sp³-hybridized carbons (Fsp3) is 0.588. The number of hydrogen-bond acceptors (Lipinski definition) is 5. The second-order valence-corrected chi connectivity index (χ2v) is 9.06. The van der Waals surface area contributed by atoms with Crippen molar-refractivity contribution in [2.24, 2.45) is 22.2 Å². The Morgan fingerprint density at radius 3 is 2.50 bits per heavy atom. The van der Waals surface area contributed by atoms with Crippen LogP contribution in [0.2, 0.25) is 0 Å². The van der Waals surface area contributed by atoms with Crippen LogP contribution in [-0.4, -0.2) is 32.6 Å². The number of rotatable bonds is 4. The van der Waals surface area contributed by atoms with Crippen LogP contribution < -0.4 is 16.2 Å². The molecule has 1 amide bonds. The van der Waals surface area contributed by atoms with Crippen LogP contribution in [0.25, 0.3) is 0 Å². The van der Waals surface area contributed by atoms with Gasteiger partial charge in [-0.05, 0) is 30.5 Å². The van der Waals surface area contributed by atoms with E-state index in [1.165, 1.54) is 12.1 Å². The number of carbonyl (C=O) groups excluding carboxylic acids is 1. The van der Waals surface area contributed by atoms with Gasteiger partial charge in [-0.2, -0.15) is 0 Å². The summed E-state index contributed by atoms with van der Waals surface area (Å²) in [5, 5.41) is 7.97. The first-order valence-corrected chi connectivity index (χ1v) is 9.93. The molecule has 2 aliphatic rings. The number of amides is 1. The molecule has 146 valence electrons. The summed E-state index contributed by atoms with van der Waals surface area (Å²) < 4.78 is 28.4. The molecular formula is C17H26ClN3O4S. The normalized spacial score (nSPS) is 29.7. The molecule has 0 aromatic heterocycles. The molecule has 1 aromatic rings. The number of nitrogens with one attached hydrogen (secondary N) is 1. The Balaban J connectivity index is 0.00000243. The van der Waals surface area contributed by atoms with E-state index < -0.39 is 21.0 Å². The van der Waals surface area contributed by atoms with E-state index in [1.807, 2.05) is 13.8 Å². The maximum absolute atomic E-state index is 12.8. The van der Waals surface area contributed by atoms with Gasteiger partial charge >= 0.3 is 0 Å². The van der Waals surface area contributed by atoms with E-state index in [2.05, 4.69) is 5.32 Å². The first-order valence-electron chi connectivity index (χ1n) is 8.39. The molecule has 3 rings (SSSR count). The first-order chi connectivity index (χ1) is 11.6. The van der Waals surface area contributed by atoms with Crippen molar-refractivity contribution in [3.05, 3.63) is 29.8 Å². The zero-order chi connectivity index (χ0) is 18.5. The van der Waals surface area contributed by atoms with Gasteiger partial charge in [-0.15, -0.1) is 12.4 Å². The van der Waals surface area contributed by atoms with Crippen LogP contribution in [0, 0.1) is 11.3 Å². The molecule has 2 fully saturated rings. The SMILES string of the molecule is CC1(C)C2OCCCC2C1(N)C(=O)NCc1ccc(S(N)(=O)=O)cc1.Cl. The summed E-state index contributed by atoms with van der Waals surface area (Å²) in [7, 11) is -3.72. The number of benzene rings is 1. The Labute approximate surface area is 160 Å². The van der Waals surface area contributed by atoms with E-state index in [9.17, 15) is 13.2 Å². The minimum absolute atomic E-state index is 0. The van der Waals surface area contributed by atoms with Gasteiger partial charge in [0.2, 0.25) is 15.9 Å². The van der Waals surface area contributed by atoms with Crippen LogP contribution in [0.15, 0.2) is 29.2 Å². The fourth-order valence-electron chi connectivity index (χ4n) is 4.16. The lowest BCUT2D eigenvalue weighted by Gasteiger charge is -2.65. The summed E-state index contributed by atoms with van der Waals surface area (Å²) in [6, 6.07) is 6.10. The molecule has 1 aliphatic carbocycles. The first kappa shape index (κ1) is 21.1. The molecule has 9 heteroatoms.